The largest absolute Gasteiger partial charge is 0.317 e. The Labute approximate surface area is 207 Å². The van der Waals surface area contributed by atoms with Crippen LogP contribution < -0.4 is 10.2 Å². The van der Waals surface area contributed by atoms with Crippen molar-refractivity contribution in [2.24, 2.45) is 0 Å². The first kappa shape index (κ1) is 23.1. The number of aromatic nitrogens is 1. The minimum absolute atomic E-state index is 0.0484. The van der Waals surface area contributed by atoms with Gasteiger partial charge in [-0.3, -0.25) is 19.8 Å². The SMILES string of the molecule is CCc1cccc(C)c1-n1c(C)cc(/C=C2\C(=O)NC(=S)N(c3ccc(Br)cc3)C2=O)c1C. The molecule has 0 bridgehead atoms. The van der Waals surface area contributed by atoms with E-state index in [9.17, 15) is 9.59 Å². The lowest BCUT2D eigenvalue weighted by Gasteiger charge is -2.29. The topological polar surface area (TPSA) is 54.3 Å². The van der Waals surface area contributed by atoms with Gasteiger partial charge in [-0.2, -0.15) is 0 Å². The molecule has 2 heterocycles. The van der Waals surface area contributed by atoms with Crippen LogP contribution in [0.1, 0.15) is 35.0 Å². The lowest BCUT2D eigenvalue weighted by Crippen LogP contribution is -2.54. The van der Waals surface area contributed by atoms with E-state index in [1.807, 2.05) is 32.0 Å². The van der Waals surface area contributed by atoms with Crippen molar-refractivity contribution in [1.29, 1.82) is 0 Å². The van der Waals surface area contributed by atoms with E-state index in [1.165, 1.54) is 16.0 Å². The van der Waals surface area contributed by atoms with Crippen molar-refractivity contribution in [3.63, 3.8) is 0 Å². The molecule has 33 heavy (non-hydrogen) atoms. The highest BCUT2D eigenvalue weighted by Gasteiger charge is 2.34. The van der Waals surface area contributed by atoms with E-state index in [0.29, 0.717) is 5.69 Å². The van der Waals surface area contributed by atoms with Gasteiger partial charge in [-0.15, -0.1) is 0 Å². The molecule has 5 nitrogen and oxygen atoms in total. The van der Waals surface area contributed by atoms with E-state index in [-0.39, 0.29) is 10.7 Å². The zero-order valence-electron chi connectivity index (χ0n) is 18.9. The number of thiocarbonyl (C=S) groups is 1. The molecule has 0 unspecified atom stereocenters. The number of anilines is 1. The average Bonchev–Trinajstić information content (AvgIpc) is 3.05. The number of hydrogen-bond acceptors (Lipinski definition) is 3. The lowest BCUT2D eigenvalue weighted by molar-refractivity contribution is -0.122. The molecule has 0 aliphatic carbocycles. The maximum absolute atomic E-state index is 13.4. The molecule has 2 aromatic carbocycles. The number of para-hydroxylation sites is 1. The Bertz CT molecular complexity index is 1320. The molecule has 0 radical (unpaired) electrons. The molecule has 3 aromatic rings. The van der Waals surface area contributed by atoms with Gasteiger partial charge in [0.05, 0.1) is 11.4 Å². The Morgan fingerprint density at radius 3 is 2.42 bits per heavy atom. The molecule has 4 rings (SSSR count). The van der Waals surface area contributed by atoms with Crippen molar-refractivity contribution in [3.8, 4) is 5.69 Å². The smallest absolute Gasteiger partial charge is 0.270 e. The van der Waals surface area contributed by atoms with Gasteiger partial charge in [-0.25, -0.2) is 0 Å². The van der Waals surface area contributed by atoms with Crippen LogP contribution in [0.2, 0.25) is 0 Å². The summed E-state index contributed by atoms with van der Waals surface area (Å²) in [5.41, 5.74) is 7.03. The molecule has 0 saturated carbocycles. The Morgan fingerprint density at radius 1 is 1.06 bits per heavy atom. The fourth-order valence-electron chi connectivity index (χ4n) is 4.24. The quantitative estimate of drug-likeness (QED) is 0.278. The molecular weight excluding hydrogens is 498 g/mol. The summed E-state index contributed by atoms with van der Waals surface area (Å²) in [6.07, 6.45) is 2.57. The highest BCUT2D eigenvalue weighted by atomic mass is 79.9. The monoisotopic (exact) mass is 521 g/mol. The number of carbonyl (C=O) groups is 2. The summed E-state index contributed by atoms with van der Waals surface area (Å²) >= 11 is 8.70. The number of benzene rings is 2. The predicted molar refractivity (Wildman–Crippen MR) is 140 cm³/mol. The van der Waals surface area contributed by atoms with Crippen molar-refractivity contribution in [2.45, 2.75) is 34.1 Å². The molecule has 1 fully saturated rings. The van der Waals surface area contributed by atoms with Gasteiger partial charge in [0.25, 0.3) is 11.8 Å². The highest BCUT2D eigenvalue weighted by molar-refractivity contribution is 9.10. The maximum atomic E-state index is 13.4. The Morgan fingerprint density at radius 2 is 1.76 bits per heavy atom. The zero-order valence-corrected chi connectivity index (χ0v) is 21.3. The highest BCUT2D eigenvalue weighted by Crippen LogP contribution is 2.29. The van der Waals surface area contributed by atoms with E-state index in [0.717, 1.165) is 33.5 Å². The number of hydrogen-bond donors (Lipinski definition) is 1. The number of nitrogens with zero attached hydrogens (tertiary/aromatic N) is 2. The van der Waals surface area contributed by atoms with Gasteiger partial charge in [-0.05, 0) is 92.5 Å². The Hall–Kier alpha value is -3.03. The van der Waals surface area contributed by atoms with Crippen LogP contribution in [0.3, 0.4) is 0 Å². The van der Waals surface area contributed by atoms with Crippen molar-refractivity contribution < 1.29 is 9.59 Å². The van der Waals surface area contributed by atoms with E-state index in [1.54, 1.807) is 18.2 Å². The molecule has 2 amide bonds. The molecule has 1 saturated heterocycles. The first-order valence-corrected chi connectivity index (χ1v) is 11.9. The van der Waals surface area contributed by atoms with Crippen LogP contribution in [0.5, 0.6) is 0 Å². The molecule has 0 spiro atoms. The Kier molecular flexibility index (Phi) is 6.36. The van der Waals surface area contributed by atoms with E-state index in [2.05, 4.69) is 57.9 Å². The number of nitrogens with one attached hydrogen (secondary N) is 1. The van der Waals surface area contributed by atoms with Crippen LogP contribution in [0.15, 0.2) is 58.6 Å². The summed E-state index contributed by atoms with van der Waals surface area (Å²) in [5, 5.41) is 2.73. The third-order valence-electron chi connectivity index (χ3n) is 5.88. The van der Waals surface area contributed by atoms with E-state index < -0.39 is 11.8 Å². The summed E-state index contributed by atoms with van der Waals surface area (Å²) < 4.78 is 3.08. The maximum Gasteiger partial charge on any atom is 0.270 e. The summed E-state index contributed by atoms with van der Waals surface area (Å²) in [6.45, 7) is 8.28. The van der Waals surface area contributed by atoms with Gasteiger partial charge in [0.2, 0.25) is 0 Å². The molecule has 1 N–H and O–H groups in total. The summed E-state index contributed by atoms with van der Waals surface area (Å²) in [6, 6.07) is 15.5. The normalized spacial score (nSPS) is 15.4. The number of rotatable bonds is 4. The van der Waals surface area contributed by atoms with E-state index >= 15 is 0 Å². The van der Waals surface area contributed by atoms with Crippen LogP contribution in [-0.4, -0.2) is 21.5 Å². The van der Waals surface area contributed by atoms with Crippen molar-refractivity contribution >= 4 is 56.8 Å². The second kappa shape index (κ2) is 9.08. The summed E-state index contributed by atoms with van der Waals surface area (Å²) in [7, 11) is 0. The van der Waals surface area contributed by atoms with Gasteiger partial charge in [-0.1, -0.05) is 41.1 Å². The van der Waals surface area contributed by atoms with Crippen molar-refractivity contribution in [3.05, 3.63) is 86.7 Å². The first-order chi connectivity index (χ1) is 15.7. The molecule has 7 heteroatoms. The predicted octanol–water partition coefficient (Wildman–Crippen LogP) is 5.56. The van der Waals surface area contributed by atoms with Crippen LogP contribution in [0.25, 0.3) is 11.8 Å². The summed E-state index contributed by atoms with van der Waals surface area (Å²) in [5.74, 6) is -0.936. The minimum atomic E-state index is -0.492. The van der Waals surface area contributed by atoms with Crippen LogP contribution in [0.4, 0.5) is 5.69 Å². The minimum Gasteiger partial charge on any atom is -0.317 e. The van der Waals surface area contributed by atoms with Gasteiger partial charge in [0.15, 0.2) is 5.11 Å². The molecule has 1 aliphatic heterocycles. The average molecular weight is 522 g/mol. The third-order valence-corrected chi connectivity index (χ3v) is 6.70. The standard InChI is InChI=1S/C26H24BrN3O2S/c1-5-18-8-6-7-15(2)23(18)29-16(3)13-19(17(29)4)14-22-24(31)28-26(33)30(25(22)32)21-11-9-20(27)10-12-21/h6-14H,5H2,1-4H3,(H,28,31,33)/b22-14+. The first-order valence-electron chi connectivity index (χ1n) is 10.7. The van der Waals surface area contributed by atoms with E-state index in [4.69, 9.17) is 12.2 Å². The third kappa shape index (κ3) is 4.18. The van der Waals surface area contributed by atoms with Gasteiger partial charge < -0.3 is 4.57 Å². The second-order valence-electron chi connectivity index (χ2n) is 8.03. The summed E-state index contributed by atoms with van der Waals surface area (Å²) in [4.78, 5) is 27.5. The molecule has 1 aromatic heterocycles. The number of aryl methyl sites for hydroxylation is 3. The van der Waals surface area contributed by atoms with Gasteiger partial charge in [0.1, 0.15) is 5.57 Å². The molecule has 1 aliphatic rings. The lowest BCUT2D eigenvalue weighted by atomic mass is 10.0. The second-order valence-corrected chi connectivity index (χ2v) is 9.33. The van der Waals surface area contributed by atoms with Crippen LogP contribution in [-0.2, 0) is 16.0 Å². The van der Waals surface area contributed by atoms with Crippen molar-refractivity contribution in [1.82, 2.24) is 9.88 Å². The number of carbonyl (C=O) groups excluding carboxylic acids is 2. The van der Waals surface area contributed by atoms with Gasteiger partial charge >= 0.3 is 0 Å². The zero-order chi connectivity index (χ0) is 23.9. The number of halogens is 1. The fraction of sp³-hybridized carbons (Fsp3) is 0.192. The fourth-order valence-corrected chi connectivity index (χ4v) is 4.79. The molecular formula is C26H24BrN3O2S. The van der Waals surface area contributed by atoms with Crippen LogP contribution in [0, 0.1) is 20.8 Å². The van der Waals surface area contributed by atoms with Crippen molar-refractivity contribution in [2.75, 3.05) is 4.90 Å². The van der Waals surface area contributed by atoms with Crippen LogP contribution >= 0.6 is 28.1 Å². The molecule has 168 valence electrons. The Balaban J connectivity index is 1.80. The van der Waals surface area contributed by atoms with Gasteiger partial charge in [0, 0.05) is 15.9 Å². The number of amides is 2. The molecule has 0 atom stereocenters.